The Bertz CT molecular complexity index is 560. The van der Waals surface area contributed by atoms with Gasteiger partial charge in [-0.3, -0.25) is 4.79 Å². The highest BCUT2D eigenvalue weighted by Gasteiger charge is 2.23. The summed E-state index contributed by atoms with van der Waals surface area (Å²) in [6, 6.07) is 9.82. The zero-order valence-electron chi connectivity index (χ0n) is 11.0. The van der Waals surface area contributed by atoms with Gasteiger partial charge < -0.3 is 10.5 Å². The third kappa shape index (κ3) is 4.21. The average Bonchev–Trinajstić information content (AvgIpc) is 2.85. The summed E-state index contributed by atoms with van der Waals surface area (Å²) in [5.74, 6) is -0.241. The smallest absolute Gasteiger partial charge is 0.319 e. The third-order valence-electron chi connectivity index (χ3n) is 2.48. The second-order valence-electron chi connectivity index (χ2n) is 3.95. The van der Waals surface area contributed by atoms with Gasteiger partial charge >= 0.3 is 5.97 Å². The molecule has 2 N–H and O–H groups in total. The fourth-order valence-corrected chi connectivity index (χ4v) is 3.54. The molecule has 20 heavy (non-hydrogen) atoms. The summed E-state index contributed by atoms with van der Waals surface area (Å²) in [4.78, 5) is 12.0. The fourth-order valence-electron chi connectivity index (χ4n) is 1.63. The van der Waals surface area contributed by atoms with Gasteiger partial charge in [0.05, 0.1) is 6.61 Å². The molecule has 0 saturated carbocycles. The van der Waals surface area contributed by atoms with Gasteiger partial charge in [-0.15, -0.1) is 10.2 Å². The van der Waals surface area contributed by atoms with Gasteiger partial charge in [0.2, 0.25) is 5.13 Å². The molecule has 0 amide bonds. The highest BCUT2D eigenvalue weighted by Crippen LogP contribution is 2.30. The molecule has 0 aliphatic rings. The van der Waals surface area contributed by atoms with E-state index >= 15 is 0 Å². The van der Waals surface area contributed by atoms with E-state index in [0.29, 0.717) is 22.5 Å². The van der Waals surface area contributed by atoms with E-state index < -0.39 is 0 Å². The minimum absolute atomic E-state index is 0.241. The monoisotopic (exact) mass is 309 g/mol. The van der Waals surface area contributed by atoms with Crippen molar-refractivity contribution in [2.45, 2.75) is 22.9 Å². The Morgan fingerprint density at radius 3 is 2.75 bits per heavy atom. The standard InChI is InChI=1S/C13H15N3O2S2/c1-2-18-11(17)10(8-9-6-4-3-5-7-9)19-13-16-15-12(14)20-13/h3-7,10H,2,8H2,1H3,(H2,14,15). The first-order valence-corrected chi connectivity index (χ1v) is 7.85. The number of thioether (sulfide) groups is 1. The molecule has 1 heterocycles. The highest BCUT2D eigenvalue weighted by molar-refractivity contribution is 8.02. The van der Waals surface area contributed by atoms with Crippen LogP contribution in [0.1, 0.15) is 12.5 Å². The Morgan fingerprint density at radius 1 is 1.40 bits per heavy atom. The second-order valence-corrected chi connectivity index (χ2v) is 6.41. The van der Waals surface area contributed by atoms with Crippen molar-refractivity contribution in [2.75, 3.05) is 12.3 Å². The van der Waals surface area contributed by atoms with Crippen LogP contribution in [0.25, 0.3) is 0 Å². The van der Waals surface area contributed by atoms with Crippen LogP contribution >= 0.6 is 23.1 Å². The number of nitrogen functional groups attached to an aromatic ring is 1. The van der Waals surface area contributed by atoms with Crippen molar-refractivity contribution in [2.24, 2.45) is 0 Å². The number of hydrogen-bond donors (Lipinski definition) is 1. The van der Waals surface area contributed by atoms with Crippen molar-refractivity contribution in [3.63, 3.8) is 0 Å². The molecular formula is C13H15N3O2S2. The zero-order chi connectivity index (χ0) is 14.4. The number of nitrogens with zero attached hydrogens (tertiary/aromatic N) is 2. The summed E-state index contributed by atoms with van der Waals surface area (Å²) in [7, 11) is 0. The molecule has 0 fully saturated rings. The van der Waals surface area contributed by atoms with Crippen molar-refractivity contribution < 1.29 is 9.53 Å². The maximum absolute atomic E-state index is 12.0. The van der Waals surface area contributed by atoms with E-state index in [0.717, 1.165) is 5.56 Å². The number of benzene rings is 1. The van der Waals surface area contributed by atoms with Gasteiger partial charge in [-0.1, -0.05) is 53.4 Å². The van der Waals surface area contributed by atoms with E-state index in [4.69, 9.17) is 10.5 Å². The SMILES string of the molecule is CCOC(=O)C(Cc1ccccc1)Sc1nnc(N)s1. The molecule has 0 aliphatic carbocycles. The first kappa shape index (κ1) is 14.8. The first-order valence-electron chi connectivity index (χ1n) is 6.15. The Labute approximate surface area is 125 Å². The molecule has 0 bridgehead atoms. The van der Waals surface area contributed by atoms with E-state index in [2.05, 4.69) is 10.2 Å². The lowest BCUT2D eigenvalue weighted by Crippen LogP contribution is -2.22. The number of nitrogens with two attached hydrogens (primary N) is 1. The molecule has 1 aromatic carbocycles. The van der Waals surface area contributed by atoms with Crippen molar-refractivity contribution in [3.8, 4) is 0 Å². The Hall–Kier alpha value is -1.60. The zero-order valence-corrected chi connectivity index (χ0v) is 12.6. The predicted octanol–water partition coefficient (Wildman–Crippen LogP) is 2.39. The fraction of sp³-hybridized carbons (Fsp3) is 0.308. The minimum atomic E-state index is -0.343. The Kier molecular flexibility index (Phi) is 5.37. The van der Waals surface area contributed by atoms with Gasteiger partial charge in [0, 0.05) is 0 Å². The summed E-state index contributed by atoms with van der Waals surface area (Å²) in [6.45, 7) is 2.16. The van der Waals surface area contributed by atoms with Gasteiger partial charge in [0.1, 0.15) is 5.25 Å². The molecule has 0 saturated heterocycles. The number of anilines is 1. The number of ether oxygens (including phenoxy) is 1. The topological polar surface area (TPSA) is 78.1 Å². The van der Waals surface area contributed by atoms with Gasteiger partial charge in [-0.2, -0.15) is 0 Å². The van der Waals surface area contributed by atoms with Crippen LogP contribution in [0.15, 0.2) is 34.7 Å². The Balaban J connectivity index is 2.10. The molecule has 2 aromatic rings. The van der Waals surface area contributed by atoms with E-state index in [1.165, 1.54) is 23.1 Å². The van der Waals surface area contributed by atoms with Crippen LogP contribution in [0.4, 0.5) is 5.13 Å². The lowest BCUT2D eigenvalue weighted by atomic mass is 10.1. The molecule has 0 radical (unpaired) electrons. The van der Waals surface area contributed by atoms with Gasteiger partial charge in [0.25, 0.3) is 0 Å². The lowest BCUT2D eigenvalue weighted by molar-refractivity contribution is -0.142. The number of hydrogen-bond acceptors (Lipinski definition) is 7. The molecule has 0 spiro atoms. The second kappa shape index (κ2) is 7.25. The Morgan fingerprint density at radius 2 is 2.15 bits per heavy atom. The van der Waals surface area contributed by atoms with Crippen LogP contribution in [0.2, 0.25) is 0 Å². The number of esters is 1. The maximum Gasteiger partial charge on any atom is 0.319 e. The van der Waals surface area contributed by atoms with E-state index in [1.807, 2.05) is 30.3 Å². The van der Waals surface area contributed by atoms with Crippen LogP contribution in [-0.2, 0) is 16.0 Å². The number of rotatable bonds is 6. The maximum atomic E-state index is 12.0. The average molecular weight is 309 g/mol. The molecular weight excluding hydrogens is 294 g/mol. The van der Waals surface area contributed by atoms with Crippen LogP contribution < -0.4 is 5.73 Å². The van der Waals surface area contributed by atoms with Crippen molar-refractivity contribution in [1.82, 2.24) is 10.2 Å². The van der Waals surface area contributed by atoms with Crippen molar-refractivity contribution in [3.05, 3.63) is 35.9 Å². The van der Waals surface area contributed by atoms with Crippen molar-refractivity contribution in [1.29, 1.82) is 0 Å². The quantitative estimate of drug-likeness (QED) is 0.652. The molecule has 1 atom stereocenters. The van der Waals surface area contributed by atoms with Crippen LogP contribution in [0.5, 0.6) is 0 Å². The number of aromatic nitrogens is 2. The normalized spacial score (nSPS) is 12.1. The molecule has 1 aromatic heterocycles. The molecule has 7 heteroatoms. The van der Waals surface area contributed by atoms with E-state index in [-0.39, 0.29) is 11.2 Å². The van der Waals surface area contributed by atoms with E-state index in [1.54, 1.807) is 6.92 Å². The summed E-state index contributed by atoms with van der Waals surface area (Å²) in [5.41, 5.74) is 6.64. The molecule has 0 aliphatic heterocycles. The summed E-state index contributed by atoms with van der Waals surface area (Å²) >= 11 is 2.62. The summed E-state index contributed by atoms with van der Waals surface area (Å²) < 4.78 is 5.80. The molecule has 2 rings (SSSR count). The molecule has 106 valence electrons. The number of carbonyl (C=O) groups is 1. The van der Waals surface area contributed by atoms with E-state index in [9.17, 15) is 4.79 Å². The van der Waals surface area contributed by atoms with Crippen LogP contribution in [0, 0.1) is 0 Å². The predicted molar refractivity (Wildman–Crippen MR) is 80.7 cm³/mol. The third-order valence-corrected chi connectivity index (χ3v) is 4.49. The lowest BCUT2D eigenvalue weighted by Gasteiger charge is -2.13. The number of carbonyl (C=O) groups excluding carboxylic acids is 1. The van der Waals surface area contributed by atoms with Crippen LogP contribution in [0.3, 0.4) is 0 Å². The summed E-state index contributed by atoms with van der Waals surface area (Å²) in [5, 5.41) is 7.75. The van der Waals surface area contributed by atoms with Gasteiger partial charge in [-0.25, -0.2) is 0 Å². The van der Waals surface area contributed by atoms with Crippen LogP contribution in [-0.4, -0.2) is 28.0 Å². The largest absolute Gasteiger partial charge is 0.465 e. The van der Waals surface area contributed by atoms with Gasteiger partial charge in [0.15, 0.2) is 4.34 Å². The molecule has 1 unspecified atom stereocenters. The highest BCUT2D eigenvalue weighted by atomic mass is 32.2. The van der Waals surface area contributed by atoms with Crippen molar-refractivity contribution >= 4 is 34.2 Å². The summed E-state index contributed by atoms with van der Waals surface area (Å²) in [6.07, 6.45) is 0.587. The molecule has 5 nitrogen and oxygen atoms in total. The van der Waals surface area contributed by atoms with Gasteiger partial charge in [-0.05, 0) is 18.9 Å². The first-order chi connectivity index (χ1) is 9.69. The minimum Gasteiger partial charge on any atom is -0.465 e.